The number of piperazine rings is 1. The van der Waals surface area contributed by atoms with E-state index in [9.17, 15) is 19.8 Å². The predicted molar refractivity (Wildman–Crippen MR) is 128 cm³/mol. The molecule has 0 aliphatic carbocycles. The summed E-state index contributed by atoms with van der Waals surface area (Å²) < 4.78 is 0.464. The molecule has 0 bridgehead atoms. The first kappa shape index (κ1) is 26.6. The van der Waals surface area contributed by atoms with Crippen molar-refractivity contribution >= 4 is 45.9 Å². The zero-order valence-electron chi connectivity index (χ0n) is 18.8. The van der Waals surface area contributed by atoms with Crippen LogP contribution in [0.25, 0.3) is 0 Å². The number of hydrogen-bond donors (Lipinski definition) is 8. The number of nitrogens with two attached hydrogens (primary N) is 4. The van der Waals surface area contributed by atoms with Crippen molar-refractivity contribution in [2.24, 2.45) is 0 Å². The van der Waals surface area contributed by atoms with Gasteiger partial charge in [0.25, 0.3) is 5.91 Å². The van der Waals surface area contributed by atoms with Crippen molar-refractivity contribution in [3.63, 3.8) is 0 Å². The van der Waals surface area contributed by atoms with Crippen molar-refractivity contribution in [1.82, 2.24) is 4.90 Å². The summed E-state index contributed by atoms with van der Waals surface area (Å²) in [7, 11) is 1.95. The van der Waals surface area contributed by atoms with Crippen LogP contribution in [0, 0.1) is 0 Å². The van der Waals surface area contributed by atoms with E-state index in [1.54, 1.807) is 0 Å². The minimum Gasteiger partial charge on any atom is -1.00 e. The maximum atomic E-state index is 12.6. The van der Waals surface area contributed by atoms with Gasteiger partial charge in [-0.2, -0.15) is 0 Å². The SMILES string of the molecule is C[N+]1(CC(=O)Nc2c(N)cc(N)cc2O)CCN(CC(=O)Nc2c(N)cc(N)cc2O)CC1.[Cl-]. The van der Waals surface area contributed by atoms with E-state index in [4.69, 9.17) is 22.9 Å². The summed E-state index contributed by atoms with van der Waals surface area (Å²) in [5.41, 5.74) is 24.2. The molecule has 34 heavy (non-hydrogen) atoms. The minimum absolute atomic E-state index is 0. The molecular weight excluding hydrogens is 464 g/mol. The number of rotatable bonds is 6. The van der Waals surface area contributed by atoms with Crippen LogP contribution in [0.4, 0.5) is 34.1 Å². The summed E-state index contributed by atoms with van der Waals surface area (Å²) in [6.45, 7) is 2.76. The van der Waals surface area contributed by atoms with Crippen molar-refractivity contribution < 1.29 is 36.7 Å². The van der Waals surface area contributed by atoms with E-state index in [2.05, 4.69) is 10.6 Å². The molecule has 186 valence electrons. The Bertz CT molecular complexity index is 1030. The van der Waals surface area contributed by atoms with Gasteiger partial charge in [-0.15, -0.1) is 0 Å². The van der Waals surface area contributed by atoms with Crippen LogP contribution in [0.15, 0.2) is 24.3 Å². The Kier molecular flexibility index (Phi) is 8.26. The highest BCUT2D eigenvalue weighted by atomic mass is 35.5. The van der Waals surface area contributed by atoms with Gasteiger partial charge >= 0.3 is 0 Å². The van der Waals surface area contributed by atoms with Gasteiger partial charge < -0.3 is 60.7 Å². The second-order valence-corrected chi connectivity index (χ2v) is 8.61. The standard InChI is InChI=1S/C21H30N8O4.ClH/c1-29(11-19(33)27-21-15(25)7-13(23)9-17(21)31)4-2-28(3-5-29)10-18(32)26-20-14(24)6-12(22)8-16(20)30;/h6-9H,2-5,10-11,22-25H2,1H3,(H3-,26,27,30,31,32,33);1H. The fourth-order valence-electron chi connectivity index (χ4n) is 3.83. The Balaban J connectivity index is 0.00000408. The fraction of sp³-hybridized carbons (Fsp3) is 0.333. The molecule has 1 saturated heterocycles. The first-order valence-electron chi connectivity index (χ1n) is 10.4. The van der Waals surface area contributed by atoms with Crippen molar-refractivity contribution in [2.75, 3.05) is 79.9 Å². The fourth-order valence-corrected chi connectivity index (χ4v) is 3.83. The molecule has 13 heteroatoms. The number of likely N-dealkylation sites (N-methyl/N-ethyl adjacent to an activating group) is 1. The van der Waals surface area contributed by atoms with Crippen molar-refractivity contribution in [2.45, 2.75) is 0 Å². The Morgan fingerprint density at radius 1 is 0.882 bits per heavy atom. The number of nitrogen functional groups attached to an aromatic ring is 4. The first-order valence-corrected chi connectivity index (χ1v) is 10.4. The third-order valence-electron chi connectivity index (χ3n) is 5.67. The zero-order chi connectivity index (χ0) is 24.3. The van der Waals surface area contributed by atoms with Crippen molar-refractivity contribution in [1.29, 1.82) is 0 Å². The van der Waals surface area contributed by atoms with Crippen LogP contribution in [0.3, 0.4) is 0 Å². The maximum Gasteiger partial charge on any atom is 0.279 e. The summed E-state index contributed by atoms with van der Waals surface area (Å²) in [5, 5.41) is 25.3. The molecule has 2 aromatic carbocycles. The molecule has 0 atom stereocenters. The third-order valence-corrected chi connectivity index (χ3v) is 5.67. The monoisotopic (exact) mass is 494 g/mol. The average Bonchev–Trinajstić information content (AvgIpc) is 2.69. The smallest absolute Gasteiger partial charge is 0.279 e. The molecule has 1 fully saturated rings. The van der Waals surface area contributed by atoms with Crippen LogP contribution in [0.5, 0.6) is 11.5 Å². The number of nitrogens with one attached hydrogen (secondary N) is 2. The van der Waals surface area contributed by atoms with E-state index in [0.717, 1.165) is 0 Å². The van der Waals surface area contributed by atoms with E-state index >= 15 is 0 Å². The third kappa shape index (κ3) is 6.47. The number of amides is 2. The van der Waals surface area contributed by atoms with Gasteiger partial charge in [-0.3, -0.25) is 14.5 Å². The molecule has 0 aromatic heterocycles. The van der Waals surface area contributed by atoms with Crippen molar-refractivity contribution in [3.8, 4) is 11.5 Å². The molecule has 1 heterocycles. The molecule has 1 aliphatic rings. The number of carbonyl (C=O) groups excluding carboxylic acids is 2. The zero-order valence-corrected chi connectivity index (χ0v) is 19.6. The highest BCUT2D eigenvalue weighted by Crippen LogP contribution is 2.33. The van der Waals surface area contributed by atoms with Gasteiger partial charge in [0, 0.05) is 36.6 Å². The van der Waals surface area contributed by atoms with Crippen LogP contribution in [-0.4, -0.2) is 77.7 Å². The average molecular weight is 495 g/mol. The quantitative estimate of drug-likeness (QED) is 0.115. The van der Waals surface area contributed by atoms with E-state index < -0.39 is 0 Å². The molecule has 2 aromatic rings. The lowest BCUT2D eigenvalue weighted by molar-refractivity contribution is -0.905. The maximum absolute atomic E-state index is 12.6. The van der Waals surface area contributed by atoms with Gasteiger partial charge in [-0.1, -0.05) is 0 Å². The highest BCUT2D eigenvalue weighted by molar-refractivity contribution is 5.98. The van der Waals surface area contributed by atoms with Crippen LogP contribution in [0.1, 0.15) is 0 Å². The number of hydrogen-bond acceptors (Lipinski definition) is 9. The van der Waals surface area contributed by atoms with Gasteiger partial charge in [0.05, 0.1) is 38.1 Å². The van der Waals surface area contributed by atoms with Gasteiger partial charge in [-0.25, -0.2) is 0 Å². The van der Waals surface area contributed by atoms with Gasteiger partial charge in [0.15, 0.2) is 6.54 Å². The largest absolute Gasteiger partial charge is 1.00 e. The summed E-state index contributed by atoms with van der Waals surface area (Å²) >= 11 is 0. The number of quaternary nitrogens is 1. The number of carbonyl (C=O) groups is 2. The molecule has 0 spiro atoms. The molecule has 3 rings (SSSR count). The second kappa shape index (κ2) is 10.5. The van der Waals surface area contributed by atoms with Crippen LogP contribution >= 0.6 is 0 Å². The number of phenols is 2. The van der Waals surface area contributed by atoms with Crippen LogP contribution in [-0.2, 0) is 9.59 Å². The summed E-state index contributed by atoms with van der Waals surface area (Å²) in [6, 6.07) is 5.57. The molecule has 2 amide bonds. The molecule has 12 nitrogen and oxygen atoms in total. The van der Waals surface area contributed by atoms with Crippen molar-refractivity contribution in [3.05, 3.63) is 24.3 Å². The van der Waals surface area contributed by atoms with Crippen LogP contribution in [0.2, 0.25) is 0 Å². The number of phenolic OH excluding ortho intramolecular Hbond substituents is 2. The number of nitrogens with zero attached hydrogens (tertiary/aromatic N) is 2. The second-order valence-electron chi connectivity index (χ2n) is 8.61. The van der Waals surface area contributed by atoms with Crippen LogP contribution < -0.4 is 46.0 Å². The van der Waals surface area contributed by atoms with Gasteiger partial charge in [0.2, 0.25) is 5.91 Å². The summed E-state index contributed by atoms with van der Waals surface area (Å²) in [6.07, 6.45) is 0. The number of benzene rings is 2. The highest BCUT2D eigenvalue weighted by Gasteiger charge is 2.32. The molecule has 1 aliphatic heterocycles. The van der Waals surface area contributed by atoms with E-state index in [1.807, 2.05) is 11.9 Å². The van der Waals surface area contributed by atoms with E-state index in [-0.39, 0.29) is 71.6 Å². The Morgan fingerprint density at radius 3 is 1.76 bits per heavy atom. The number of anilines is 6. The lowest BCUT2D eigenvalue weighted by Gasteiger charge is -2.41. The Hall–Kier alpha value is -3.61. The molecule has 12 N–H and O–H groups in total. The molecular formula is C21H31ClN8O4. The molecule has 0 saturated carbocycles. The summed E-state index contributed by atoms with van der Waals surface area (Å²) in [4.78, 5) is 27.0. The minimum atomic E-state index is -0.315. The number of aromatic hydroxyl groups is 2. The van der Waals surface area contributed by atoms with E-state index in [0.29, 0.717) is 42.0 Å². The lowest BCUT2D eigenvalue weighted by Crippen LogP contribution is -3.00. The summed E-state index contributed by atoms with van der Waals surface area (Å²) in [5.74, 6) is -0.982. The first-order chi connectivity index (χ1) is 15.5. The molecule has 0 radical (unpaired) electrons. The lowest BCUT2D eigenvalue weighted by atomic mass is 10.2. The van der Waals surface area contributed by atoms with Gasteiger partial charge in [-0.05, 0) is 12.1 Å². The van der Waals surface area contributed by atoms with Gasteiger partial charge in [0.1, 0.15) is 22.9 Å². The predicted octanol–water partition coefficient (Wildman–Crippen LogP) is -3.23. The topological polar surface area (TPSA) is 206 Å². The Labute approximate surface area is 203 Å². The normalized spacial score (nSPS) is 15.2. The Morgan fingerprint density at radius 2 is 1.32 bits per heavy atom. The van der Waals surface area contributed by atoms with E-state index in [1.165, 1.54) is 24.3 Å². The molecule has 0 unspecified atom stereocenters. The number of halogens is 1.